The van der Waals surface area contributed by atoms with Gasteiger partial charge < -0.3 is 5.32 Å². The molecule has 0 aliphatic heterocycles. The summed E-state index contributed by atoms with van der Waals surface area (Å²) in [4.78, 5) is 37.3. The van der Waals surface area contributed by atoms with Crippen LogP contribution in [0.1, 0.15) is 86.0 Å². The number of imide groups is 1. The van der Waals surface area contributed by atoms with E-state index in [9.17, 15) is 14.4 Å². The van der Waals surface area contributed by atoms with E-state index < -0.39 is 0 Å². The summed E-state index contributed by atoms with van der Waals surface area (Å²) in [5.74, 6) is 1.88. The van der Waals surface area contributed by atoms with E-state index in [2.05, 4.69) is 24.5 Å². The van der Waals surface area contributed by atoms with Crippen molar-refractivity contribution in [2.45, 2.75) is 91.5 Å². The summed E-state index contributed by atoms with van der Waals surface area (Å²) in [7, 11) is 0. The predicted octanol–water partition coefficient (Wildman–Crippen LogP) is 4.76. The van der Waals surface area contributed by atoms with Crippen molar-refractivity contribution in [3.63, 3.8) is 0 Å². The maximum absolute atomic E-state index is 13.1. The van der Waals surface area contributed by atoms with Crippen LogP contribution < -0.4 is 10.6 Å². The van der Waals surface area contributed by atoms with Gasteiger partial charge in [0.1, 0.15) is 0 Å². The Morgan fingerprint density at radius 3 is 2.43 bits per heavy atom. The van der Waals surface area contributed by atoms with Crippen molar-refractivity contribution in [2.75, 3.05) is 0 Å². The zero-order valence-corrected chi connectivity index (χ0v) is 19.3. The molecule has 166 valence electrons. The highest BCUT2D eigenvalue weighted by Crippen LogP contribution is 2.66. The molecule has 3 saturated carbocycles. The first kappa shape index (κ1) is 21.6. The van der Waals surface area contributed by atoms with Crippen LogP contribution in [0.15, 0.2) is 11.6 Å². The Bertz CT molecular complexity index is 795. The highest BCUT2D eigenvalue weighted by atomic mass is 16.2. The zero-order chi connectivity index (χ0) is 21.9. The molecule has 5 nitrogen and oxygen atoms in total. The van der Waals surface area contributed by atoms with Gasteiger partial charge in [-0.25, -0.2) is 4.79 Å². The third kappa shape index (κ3) is 3.52. The molecule has 0 aromatic heterocycles. The highest BCUT2D eigenvalue weighted by Gasteiger charge is 2.60. The minimum absolute atomic E-state index is 0.0324. The minimum Gasteiger partial charge on any atom is -0.333 e. The Labute approximate surface area is 180 Å². The standard InChI is InChI=1S/C25H38N2O3/c1-23(2,3)27-22(30)26-21(29)20-9-8-18-17-7-6-15-14-16(28)10-12-24(15,4)19(17)11-13-25(18,20)5/h14,17-20H,6-13H2,1-5H3,(H2,26,27,29,30)/t17-,18-,19+,20?,24-,25-/m0/s1. The average molecular weight is 415 g/mol. The van der Waals surface area contributed by atoms with Crippen LogP contribution in [0.25, 0.3) is 0 Å². The molecule has 0 heterocycles. The van der Waals surface area contributed by atoms with Crippen LogP contribution in [0.5, 0.6) is 0 Å². The molecule has 0 spiro atoms. The third-order valence-corrected chi connectivity index (χ3v) is 9.00. The first-order valence-electron chi connectivity index (χ1n) is 11.8. The van der Waals surface area contributed by atoms with E-state index >= 15 is 0 Å². The fourth-order valence-corrected chi connectivity index (χ4v) is 7.56. The first-order chi connectivity index (χ1) is 13.9. The van der Waals surface area contributed by atoms with Gasteiger partial charge >= 0.3 is 6.03 Å². The number of rotatable bonds is 1. The third-order valence-electron chi connectivity index (χ3n) is 9.00. The predicted molar refractivity (Wildman–Crippen MR) is 117 cm³/mol. The van der Waals surface area contributed by atoms with Gasteiger partial charge in [-0.15, -0.1) is 0 Å². The van der Waals surface area contributed by atoms with Gasteiger partial charge in [0.25, 0.3) is 0 Å². The van der Waals surface area contributed by atoms with E-state index in [-0.39, 0.29) is 34.2 Å². The molecule has 5 heteroatoms. The molecule has 1 unspecified atom stereocenters. The van der Waals surface area contributed by atoms with Gasteiger partial charge in [0.15, 0.2) is 5.78 Å². The molecule has 4 aliphatic carbocycles. The number of urea groups is 1. The molecule has 0 radical (unpaired) electrons. The Kier molecular flexibility index (Phi) is 5.18. The Morgan fingerprint density at radius 2 is 1.73 bits per heavy atom. The maximum Gasteiger partial charge on any atom is 0.321 e. The lowest BCUT2D eigenvalue weighted by molar-refractivity contribution is -0.131. The quantitative estimate of drug-likeness (QED) is 0.650. The topological polar surface area (TPSA) is 75.3 Å². The second kappa shape index (κ2) is 7.20. The lowest BCUT2D eigenvalue weighted by Crippen LogP contribution is -2.54. The molecule has 4 aliphatic rings. The van der Waals surface area contributed by atoms with Crippen molar-refractivity contribution in [3.8, 4) is 0 Å². The van der Waals surface area contributed by atoms with Crippen molar-refractivity contribution in [2.24, 2.45) is 34.5 Å². The molecule has 2 N–H and O–H groups in total. The molecule has 6 atom stereocenters. The van der Waals surface area contributed by atoms with Crippen LogP contribution in [0.3, 0.4) is 0 Å². The summed E-state index contributed by atoms with van der Waals surface area (Å²) >= 11 is 0. The van der Waals surface area contributed by atoms with Crippen LogP contribution in [-0.4, -0.2) is 23.3 Å². The number of carbonyl (C=O) groups is 3. The van der Waals surface area contributed by atoms with Gasteiger partial charge in [0, 0.05) is 17.9 Å². The fraction of sp³-hybridized carbons (Fsp3) is 0.800. The molecule has 4 rings (SSSR count). The van der Waals surface area contributed by atoms with Gasteiger partial charge in [0.05, 0.1) is 0 Å². The number of nitrogens with one attached hydrogen (secondary N) is 2. The summed E-state index contributed by atoms with van der Waals surface area (Å²) in [6.07, 6.45) is 9.89. The molecular weight excluding hydrogens is 376 g/mol. The molecule has 0 aromatic carbocycles. The Morgan fingerprint density at radius 1 is 1.00 bits per heavy atom. The van der Waals surface area contributed by atoms with Gasteiger partial charge in [-0.1, -0.05) is 19.4 Å². The van der Waals surface area contributed by atoms with Crippen LogP contribution in [0.4, 0.5) is 4.79 Å². The summed E-state index contributed by atoms with van der Waals surface area (Å²) in [6.45, 7) is 10.4. The van der Waals surface area contributed by atoms with Crippen LogP contribution in [-0.2, 0) is 9.59 Å². The van der Waals surface area contributed by atoms with Crippen molar-refractivity contribution in [1.82, 2.24) is 10.6 Å². The van der Waals surface area contributed by atoms with Crippen molar-refractivity contribution < 1.29 is 14.4 Å². The lowest BCUT2D eigenvalue weighted by atomic mass is 9.47. The molecular formula is C25H38N2O3. The number of carbonyl (C=O) groups excluding carboxylic acids is 3. The summed E-state index contributed by atoms with van der Waals surface area (Å²) < 4.78 is 0. The second-order valence-corrected chi connectivity index (χ2v) is 11.8. The average Bonchev–Trinajstić information content (AvgIpc) is 2.98. The fourth-order valence-electron chi connectivity index (χ4n) is 7.56. The zero-order valence-electron chi connectivity index (χ0n) is 19.3. The number of ketones is 1. The van der Waals surface area contributed by atoms with E-state index in [1.165, 1.54) is 5.57 Å². The van der Waals surface area contributed by atoms with Gasteiger partial charge in [-0.2, -0.15) is 0 Å². The lowest BCUT2D eigenvalue weighted by Gasteiger charge is -2.58. The van der Waals surface area contributed by atoms with Crippen LogP contribution >= 0.6 is 0 Å². The van der Waals surface area contributed by atoms with Crippen LogP contribution in [0, 0.1) is 34.5 Å². The first-order valence-corrected chi connectivity index (χ1v) is 11.8. The number of hydrogen-bond acceptors (Lipinski definition) is 3. The molecule has 30 heavy (non-hydrogen) atoms. The maximum atomic E-state index is 13.1. The van der Waals surface area contributed by atoms with Gasteiger partial charge in [-0.3, -0.25) is 14.9 Å². The molecule has 0 saturated heterocycles. The van der Waals surface area contributed by atoms with Gasteiger partial charge in [0.2, 0.25) is 5.91 Å². The highest BCUT2D eigenvalue weighted by molar-refractivity contribution is 5.96. The number of fused-ring (bicyclic) bond motifs is 5. The summed E-state index contributed by atoms with van der Waals surface area (Å²) in [5.41, 5.74) is 1.14. The summed E-state index contributed by atoms with van der Waals surface area (Å²) in [6, 6.07) is -0.389. The second-order valence-electron chi connectivity index (χ2n) is 11.8. The SMILES string of the molecule is CC(C)(C)NC(=O)NC(=O)C1CC[C@H]2[C@@H]3CCC4=CC(=O)CC[C@]4(C)[C@@H]3CC[C@]12C. The van der Waals surface area contributed by atoms with Crippen molar-refractivity contribution in [1.29, 1.82) is 0 Å². The smallest absolute Gasteiger partial charge is 0.321 e. The monoisotopic (exact) mass is 414 g/mol. The summed E-state index contributed by atoms with van der Waals surface area (Å²) in [5, 5.41) is 5.47. The number of hydrogen-bond donors (Lipinski definition) is 2. The Hall–Kier alpha value is -1.65. The molecule has 0 bridgehead atoms. The van der Waals surface area contributed by atoms with E-state index in [4.69, 9.17) is 0 Å². The number of amides is 3. The molecule has 0 aromatic rings. The number of allylic oxidation sites excluding steroid dienone is 1. The largest absolute Gasteiger partial charge is 0.333 e. The van der Waals surface area contributed by atoms with Crippen LogP contribution in [0.2, 0.25) is 0 Å². The van der Waals surface area contributed by atoms with Gasteiger partial charge in [-0.05, 0) is 100 Å². The Balaban J connectivity index is 1.50. The molecule has 3 fully saturated rings. The van der Waals surface area contributed by atoms with E-state index in [0.29, 0.717) is 30.0 Å². The normalized spacial score (nSPS) is 40.6. The minimum atomic E-state index is -0.389. The van der Waals surface area contributed by atoms with E-state index in [1.807, 2.05) is 26.8 Å². The molecule has 3 amide bonds. The van der Waals surface area contributed by atoms with E-state index in [0.717, 1.165) is 44.9 Å². The van der Waals surface area contributed by atoms with Crippen molar-refractivity contribution >= 4 is 17.7 Å². The van der Waals surface area contributed by atoms with E-state index in [1.54, 1.807) is 0 Å². The van der Waals surface area contributed by atoms with Crippen molar-refractivity contribution in [3.05, 3.63) is 11.6 Å².